The lowest BCUT2D eigenvalue weighted by Crippen LogP contribution is -2.19. The summed E-state index contributed by atoms with van der Waals surface area (Å²) in [5.41, 5.74) is 4.96. The molecule has 3 aromatic rings. The van der Waals surface area contributed by atoms with E-state index in [0.29, 0.717) is 5.22 Å². The van der Waals surface area contributed by atoms with Crippen molar-refractivity contribution in [3.63, 3.8) is 0 Å². The van der Waals surface area contributed by atoms with Crippen LogP contribution in [-0.4, -0.2) is 29.7 Å². The minimum absolute atomic E-state index is 0.0618. The molecule has 128 valence electrons. The summed E-state index contributed by atoms with van der Waals surface area (Å²) in [6.07, 6.45) is 1.07. The van der Waals surface area contributed by atoms with Gasteiger partial charge in [0.05, 0.1) is 5.75 Å². The standard InChI is InChI=1S/C19H19N3O2S/c1-2-22-10-9-13-7-8-14(11-16(13)22)20-18(23)12-25-19-21-15-5-3-4-6-17(15)24-19/h3-8,11H,2,9-10,12H2,1H3,(H,20,23). The number of aromatic nitrogens is 1. The Bertz CT molecular complexity index is 889. The fourth-order valence-corrected chi connectivity index (χ4v) is 3.73. The molecule has 0 atom stereocenters. The number of carbonyl (C=O) groups excluding carboxylic acids is 1. The highest BCUT2D eigenvalue weighted by molar-refractivity contribution is 7.99. The van der Waals surface area contributed by atoms with E-state index < -0.39 is 0 Å². The monoisotopic (exact) mass is 353 g/mol. The van der Waals surface area contributed by atoms with Crippen molar-refractivity contribution in [2.75, 3.05) is 29.1 Å². The first kappa shape index (κ1) is 16.0. The molecule has 2 heterocycles. The molecule has 0 saturated carbocycles. The van der Waals surface area contributed by atoms with Crippen molar-refractivity contribution in [2.45, 2.75) is 18.6 Å². The molecule has 1 amide bonds. The van der Waals surface area contributed by atoms with Crippen molar-refractivity contribution >= 4 is 40.1 Å². The maximum absolute atomic E-state index is 12.2. The number of anilines is 2. The SMILES string of the molecule is CCN1CCc2ccc(NC(=O)CSc3nc4ccccc4o3)cc21. The van der Waals surface area contributed by atoms with Crippen LogP contribution in [0.1, 0.15) is 12.5 Å². The van der Waals surface area contributed by atoms with E-state index in [-0.39, 0.29) is 11.7 Å². The third-order valence-corrected chi connectivity index (χ3v) is 5.17. The van der Waals surface area contributed by atoms with Gasteiger partial charge in [-0.15, -0.1) is 0 Å². The quantitative estimate of drug-likeness (QED) is 0.704. The first-order valence-electron chi connectivity index (χ1n) is 8.39. The van der Waals surface area contributed by atoms with Crippen LogP contribution in [0.3, 0.4) is 0 Å². The predicted molar refractivity (Wildman–Crippen MR) is 101 cm³/mol. The van der Waals surface area contributed by atoms with Gasteiger partial charge in [0.2, 0.25) is 5.91 Å². The largest absolute Gasteiger partial charge is 0.431 e. The number of para-hydroxylation sites is 2. The summed E-state index contributed by atoms with van der Waals surface area (Å²) in [5.74, 6) is 0.203. The van der Waals surface area contributed by atoms with Crippen LogP contribution in [-0.2, 0) is 11.2 Å². The molecule has 1 aliphatic heterocycles. The summed E-state index contributed by atoms with van der Waals surface area (Å²) >= 11 is 1.30. The fourth-order valence-electron chi connectivity index (χ4n) is 3.09. The van der Waals surface area contributed by atoms with Crippen LogP contribution in [0.4, 0.5) is 11.4 Å². The number of oxazole rings is 1. The normalized spacial score (nSPS) is 13.2. The van der Waals surface area contributed by atoms with E-state index in [1.807, 2.05) is 30.3 Å². The van der Waals surface area contributed by atoms with Crippen molar-refractivity contribution in [3.05, 3.63) is 48.0 Å². The molecule has 1 aromatic heterocycles. The molecule has 1 N–H and O–H groups in total. The smallest absolute Gasteiger partial charge is 0.257 e. The number of fused-ring (bicyclic) bond motifs is 2. The molecule has 0 bridgehead atoms. The van der Waals surface area contributed by atoms with Crippen LogP contribution in [0.2, 0.25) is 0 Å². The van der Waals surface area contributed by atoms with Gasteiger partial charge in [0.25, 0.3) is 5.22 Å². The van der Waals surface area contributed by atoms with Crippen molar-refractivity contribution in [1.29, 1.82) is 0 Å². The zero-order valence-corrected chi connectivity index (χ0v) is 14.8. The Morgan fingerprint density at radius 3 is 3.04 bits per heavy atom. The molecule has 0 radical (unpaired) electrons. The molecule has 0 spiro atoms. The van der Waals surface area contributed by atoms with Crippen molar-refractivity contribution in [3.8, 4) is 0 Å². The topological polar surface area (TPSA) is 58.4 Å². The molecule has 4 rings (SSSR count). The Morgan fingerprint density at radius 2 is 2.20 bits per heavy atom. The molecule has 0 saturated heterocycles. The lowest BCUT2D eigenvalue weighted by Gasteiger charge is -2.17. The van der Waals surface area contributed by atoms with Crippen molar-refractivity contribution in [1.82, 2.24) is 4.98 Å². The maximum atomic E-state index is 12.2. The van der Waals surface area contributed by atoms with E-state index in [2.05, 4.69) is 34.3 Å². The van der Waals surface area contributed by atoms with E-state index >= 15 is 0 Å². The van der Waals surface area contributed by atoms with Crippen molar-refractivity contribution < 1.29 is 9.21 Å². The Kier molecular flexibility index (Phi) is 4.36. The zero-order chi connectivity index (χ0) is 17.2. The third-order valence-electron chi connectivity index (χ3n) is 4.34. The van der Waals surface area contributed by atoms with Crippen LogP contribution in [0, 0.1) is 0 Å². The predicted octanol–water partition coefficient (Wildman–Crippen LogP) is 3.94. The average Bonchev–Trinajstić information content (AvgIpc) is 3.22. The Hall–Kier alpha value is -2.47. The van der Waals surface area contributed by atoms with Crippen LogP contribution in [0.5, 0.6) is 0 Å². The van der Waals surface area contributed by atoms with E-state index in [4.69, 9.17) is 4.42 Å². The minimum Gasteiger partial charge on any atom is -0.431 e. The summed E-state index contributed by atoms with van der Waals surface area (Å²) in [4.78, 5) is 18.9. The Labute approximate surface area is 150 Å². The summed E-state index contributed by atoms with van der Waals surface area (Å²) in [6.45, 7) is 4.19. The Morgan fingerprint density at radius 1 is 1.32 bits per heavy atom. The molecule has 6 heteroatoms. The molecule has 0 unspecified atom stereocenters. The fraction of sp³-hybridized carbons (Fsp3) is 0.263. The minimum atomic E-state index is -0.0618. The van der Waals surface area contributed by atoms with Gasteiger partial charge in [0.1, 0.15) is 5.52 Å². The van der Waals surface area contributed by atoms with Gasteiger partial charge in [-0.05, 0) is 43.2 Å². The molecule has 5 nitrogen and oxygen atoms in total. The lowest BCUT2D eigenvalue weighted by molar-refractivity contribution is -0.113. The highest BCUT2D eigenvalue weighted by atomic mass is 32.2. The summed E-state index contributed by atoms with van der Waals surface area (Å²) in [5, 5.41) is 3.48. The van der Waals surface area contributed by atoms with Crippen LogP contribution < -0.4 is 10.2 Å². The second-order valence-electron chi connectivity index (χ2n) is 5.96. The van der Waals surface area contributed by atoms with Gasteiger partial charge in [-0.3, -0.25) is 4.79 Å². The number of benzene rings is 2. The van der Waals surface area contributed by atoms with Crippen LogP contribution >= 0.6 is 11.8 Å². The summed E-state index contributed by atoms with van der Waals surface area (Å²) in [6, 6.07) is 13.7. The van der Waals surface area contributed by atoms with Crippen LogP contribution in [0.15, 0.2) is 52.1 Å². The zero-order valence-electron chi connectivity index (χ0n) is 14.0. The van der Waals surface area contributed by atoms with E-state index in [1.54, 1.807) is 0 Å². The number of carbonyl (C=O) groups is 1. The highest BCUT2D eigenvalue weighted by Gasteiger charge is 2.18. The molecular weight excluding hydrogens is 334 g/mol. The lowest BCUT2D eigenvalue weighted by atomic mass is 10.1. The first-order chi connectivity index (χ1) is 12.2. The molecule has 25 heavy (non-hydrogen) atoms. The summed E-state index contributed by atoms with van der Waals surface area (Å²) in [7, 11) is 0. The second kappa shape index (κ2) is 6.80. The van der Waals surface area contributed by atoms with Gasteiger partial charge in [-0.2, -0.15) is 0 Å². The highest BCUT2D eigenvalue weighted by Crippen LogP contribution is 2.30. The number of thioether (sulfide) groups is 1. The maximum Gasteiger partial charge on any atom is 0.257 e. The third kappa shape index (κ3) is 3.35. The Balaban J connectivity index is 1.39. The molecular formula is C19H19N3O2S. The van der Waals surface area contributed by atoms with E-state index in [9.17, 15) is 4.79 Å². The molecule has 0 aliphatic carbocycles. The van der Waals surface area contributed by atoms with Crippen LogP contribution in [0.25, 0.3) is 11.1 Å². The van der Waals surface area contributed by atoms with Gasteiger partial charge in [0, 0.05) is 24.5 Å². The molecule has 2 aromatic carbocycles. The number of nitrogens with one attached hydrogen (secondary N) is 1. The number of amides is 1. The number of nitrogens with zero attached hydrogens (tertiary/aromatic N) is 2. The van der Waals surface area contributed by atoms with Crippen molar-refractivity contribution in [2.24, 2.45) is 0 Å². The average molecular weight is 353 g/mol. The van der Waals surface area contributed by atoms with Gasteiger partial charge >= 0.3 is 0 Å². The van der Waals surface area contributed by atoms with E-state index in [1.165, 1.54) is 23.0 Å². The number of hydrogen-bond donors (Lipinski definition) is 1. The number of hydrogen-bond acceptors (Lipinski definition) is 5. The van der Waals surface area contributed by atoms with Gasteiger partial charge < -0.3 is 14.6 Å². The number of rotatable bonds is 5. The second-order valence-corrected chi connectivity index (χ2v) is 6.88. The number of likely N-dealkylation sites (N-methyl/N-ethyl adjacent to an activating group) is 1. The van der Waals surface area contributed by atoms with Gasteiger partial charge in [0.15, 0.2) is 5.58 Å². The van der Waals surface area contributed by atoms with Gasteiger partial charge in [-0.25, -0.2) is 4.98 Å². The van der Waals surface area contributed by atoms with E-state index in [0.717, 1.165) is 36.3 Å². The molecule has 1 aliphatic rings. The first-order valence-corrected chi connectivity index (χ1v) is 9.37. The molecule has 0 fully saturated rings. The summed E-state index contributed by atoms with van der Waals surface area (Å²) < 4.78 is 5.62. The van der Waals surface area contributed by atoms with Gasteiger partial charge in [-0.1, -0.05) is 30.0 Å².